The third kappa shape index (κ3) is 3.60. The number of ether oxygens (including phenoxy) is 1. The van der Waals surface area contributed by atoms with Gasteiger partial charge in [-0.2, -0.15) is 0 Å². The molecule has 0 amide bonds. The molecule has 2 fully saturated rings. The van der Waals surface area contributed by atoms with E-state index in [1.807, 2.05) is 12.3 Å². The molecule has 4 aliphatic carbocycles. The Hall–Kier alpha value is -2.75. The Morgan fingerprint density at radius 1 is 1.19 bits per heavy atom. The molecule has 4 aliphatic rings. The molecule has 0 bridgehead atoms. The zero-order valence-electron chi connectivity index (χ0n) is 19.6. The van der Waals surface area contributed by atoms with Gasteiger partial charge >= 0.3 is 0 Å². The predicted octanol–water partition coefficient (Wildman–Crippen LogP) is 6.37. The lowest BCUT2D eigenvalue weighted by atomic mass is 9.48. The Morgan fingerprint density at radius 2 is 1.97 bits per heavy atom. The first-order valence-corrected chi connectivity index (χ1v) is 11.6. The number of carbonyl (C=O) groups is 1. The van der Waals surface area contributed by atoms with Crippen molar-refractivity contribution >= 4 is 18.1 Å². The van der Waals surface area contributed by atoms with Crippen molar-refractivity contribution in [3.63, 3.8) is 0 Å². The van der Waals surface area contributed by atoms with Crippen LogP contribution < -0.4 is 4.74 Å². The summed E-state index contributed by atoms with van der Waals surface area (Å²) in [7, 11) is 1.70. The number of aliphatic imine (C=N–C) groups is 1. The van der Waals surface area contributed by atoms with Gasteiger partial charge in [-0.05, 0) is 73.8 Å². The summed E-state index contributed by atoms with van der Waals surface area (Å²) in [6, 6.07) is 2.11. The van der Waals surface area contributed by atoms with Gasteiger partial charge in [0.1, 0.15) is 5.75 Å². The highest BCUT2D eigenvalue weighted by molar-refractivity contribution is 5.91. The fraction of sp³-hybridized carbons (Fsp3) is 0.464. The van der Waals surface area contributed by atoms with E-state index in [9.17, 15) is 4.79 Å². The second-order valence-electron chi connectivity index (χ2n) is 9.86. The summed E-state index contributed by atoms with van der Waals surface area (Å²) in [4.78, 5) is 19.6. The lowest BCUT2D eigenvalue weighted by molar-refractivity contribution is -0.116. The first kappa shape index (κ1) is 22.4. The van der Waals surface area contributed by atoms with Gasteiger partial charge in [0.05, 0.1) is 13.3 Å². The number of ketones is 1. The van der Waals surface area contributed by atoms with Gasteiger partial charge in [-0.1, -0.05) is 43.7 Å². The molecule has 1 aromatic heterocycles. The second-order valence-corrected chi connectivity index (χ2v) is 9.86. The van der Waals surface area contributed by atoms with E-state index in [0.717, 1.165) is 25.0 Å². The van der Waals surface area contributed by atoms with Crippen molar-refractivity contribution in [2.75, 3.05) is 7.11 Å². The van der Waals surface area contributed by atoms with Crippen LogP contribution in [-0.4, -0.2) is 24.6 Å². The Morgan fingerprint density at radius 3 is 2.69 bits per heavy atom. The Balaban J connectivity index is 0.000000567. The quantitative estimate of drug-likeness (QED) is 0.524. The molecule has 1 heterocycles. The van der Waals surface area contributed by atoms with Crippen LogP contribution >= 0.6 is 0 Å². The van der Waals surface area contributed by atoms with Crippen molar-refractivity contribution < 1.29 is 9.53 Å². The molecule has 0 aromatic carbocycles. The van der Waals surface area contributed by atoms with E-state index in [0.29, 0.717) is 17.6 Å². The second kappa shape index (κ2) is 8.65. The maximum Gasteiger partial charge on any atom is 0.155 e. The van der Waals surface area contributed by atoms with Gasteiger partial charge in [-0.15, -0.1) is 0 Å². The summed E-state index contributed by atoms with van der Waals surface area (Å²) >= 11 is 0. The van der Waals surface area contributed by atoms with Crippen molar-refractivity contribution in [1.29, 1.82) is 0 Å². The van der Waals surface area contributed by atoms with E-state index in [1.54, 1.807) is 18.9 Å². The highest BCUT2D eigenvalue weighted by Gasteiger charge is 2.54. The molecule has 4 atom stereocenters. The van der Waals surface area contributed by atoms with Crippen LogP contribution in [0.5, 0.6) is 5.75 Å². The summed E-state index contributed by atoms with van der Waals surface area (Å²) in [5, 5.41) is 0. The number of allylic oxidation sites excluding steroid dienone is 6. The molecule has 0 N–H and O–H groups in total. The first-order chi connectivity index (χ1) is 15.4. The van der Waals surface area contributed by atoms with Gasteiger partial charge in [-0.25, -0.2) is 0 Å². The molecule has 0 spiro atoms. The molecular weight excluding hydrogens is 396 g/mol. The largest absolute Gasteiger partial charge is 0.495 e. The van der Waals surface area contributed by atoms with Crippen LogP contribution in [0.25, 0.3) is 5.57 Å². The molecule has 0 aliphatic heterocycles. The summed E-state index contributed by atoms with van der Waals surface area (Å²) in [6.45, 7) is 11.2. The van der Waals surface area contributed by atoms with Crippen LogP contribution in [0, 0.1) is 22.7 Å². The van der Waals surface area contributed by atoms with Gasteiger partial charge in [0, 0.05) is 29.8 Å². The molecule has 1 aromatic rings. The minimum absolute atomic E-state index is 0.0945. The lowest BCUT2D eigenvalue weighted by Gasteiger charge is -2.56. The fourth-order valence-corrected chi connectivity index (χ4v) is 6.65. The van der Waals surface area contributed by atoms with E-state index in [2.05, 4.69) is 55.3 Å². The van der Waals surface area contributed by atoms with E-state index in [-0.39, 0.29) is 10.8 Å². The highest BCUT2D eigenvalue weighted by atomic mass is 16.5. The SMILES string of the molecule is C=CN=C.COc1cncc(C2=CC=C3C4CCC5=CC(=O)CCC5(C)C4CCC23C)c1. The maximum atomic E-state index is 12.0. The van der Waals surface area contributed by atoms with Crippen LogP contribution in [0.3, 0.4) is 0 Å². The maximum absolute atomic E-state index is 12.0. The third-order valence-corrected chi connectivity index (χ3v) is 8.39. The summed E-state index contributed by atoms with van der Waals surface area (Å²) in [5.74, 6) is 2.44. The van der Waals surface area contributed by atoms with Gasteiger partial charge in [0.15, 0.2) is 5.78 Å². The molecule has 32 heavy (non-hydrogen) atoms. The number of aromatic nitrogens is 1. The van der Waals surface area contributed by atoms with Crippen LogP contribution in [-0.2, 0) is 4.79 Å². The van der Waals surface area contributed by atoms with Gasteiger partial charge in [0.25, 0.3) is 0 Å². The highest BCUT2D eigenvalue weighted by Crippen LogP contribution is 2.65. The van der Waals surface area contributed by atoms with Crippen molar-refractivity contribution in [1.82, 2.24) is 4.98 Å². The van der Waals surface area contributed by atoms with Crippen LogP contribution in [0.1, 0.15) is 57.9 Å². The van der Waals surface area contributed by atoms with Crippen LogP contribution in [0.15, 0.2) is 65.6 Å². The zero-order valence-corrected chi connectivity index (χ0v) is 19.6. The Bertz CT molecular complexity index is 1030. The van der Waals surface area contributed by atoms with Gasteiger partial charge < -0.3 is 4.74 Å². The fourth-order valence-electron chi connectivity index (χ4n) is 6.65. The van der Waals surface area contributed by atoms with Crippen molar-refractivity contribution in [2.24, 2.45) is 27.7 Å². The predicted molar refractivity (Wildman–Crippen MR) is 131 cm³/mol. The number of methoxy groups -OCH3 is 1. The van der Waals surface area contributed by atoms with Crippen molar-refractivity contribution in [3.05, 3.63) is 66.2 Å². The standard InChI is InChI=1S/C25H29NO2.C3H5N/c1-24-10-8-18(27)13-17(24)4-5-20-22-7-6-21(25(22,2)11-9-23(20)24)16-12-19(28-3)15-26-14-16;1-3-4-2/h6-7,12-15,20,23H,4-5,8-11H2,1-3H3;3H,1-2H2. The Labute approximate surface area is 191 Å². The Kier molecular flexibility index (Phi) is 6.07. The molecule has 4 unspecified atom stereocenters. The minimum Gasteiger partial charge on any atom is -0.495 e. The van der Waals surface area contributed by atoms with Crippen molar-refractivity contribution in [3.8, 4) is 5.75 Å². The smallest absolute Gasteiger partial charge is 0.155 e. The van der Waals surface area contributed by atoms with Crippen LogP contribution in [0.4, 0.5) is 0 Å². The van der Waals surface area contributed by atoms with Gasteiger partial charge in [0.2, 0.25) is 0 Å². The number of hydrogen-bond donors (Lipinski definition) is 0. The molecule has 0 radical (unpaired) electrons. The minimum atomic E-state index is 0.0945. The number of carbonyl (C=O) groups excluding carboxylic acids is 1. The van der Waals surface area contributed by atoms with Gasteiger partial charge in [-0.3, -0.25) is 14.8 Å². The normalized spacial score (nSPS) is 32.6. The molecule has 4 heteroatoms. The molecule has 0 saturated heterocycles. The van der Waals surface area contributed by atoms with E-state index >= 15 is 0 Å². The zero-order chi connectivity index (χ0) is 22.9. The number of rotatable bonds is 3. The number of hydrogen-bond acceptors (Lipinski definition) is 4. The third-order valence-electron chi connectivity index (χ3n) is 8.39. The molecule has 5 rings (SSSR count). The monoisotopic (exact) mass is 430 g/mol. The molecule has 2 saturated carbocycles. The molecular formula is C28H34N2O2. The van der Waals surface area contributed by atoms with Crippen LogP contribution in [0.2, 0.25) is 0 Å². The topological polar surface area (TPSA) is 51.6 Å². The molecule has 168 valence electrons. The lowest BCUT2D eigenvalue weighted by Crippen LogP contribution is -2.47. The van der Waals surface area contributed by atoms with Crippen molar-refractivity contribution in [2.45, 2.75) is 52.4 Å². The number of pyridine rings is 1. The average molecular weight is 431 g/mol. The number of fused-ring (bicyclic) bond motifs is 5. The molecule has 4 nitrogen and oxygen atoms in total. The summed E-state index contributed by atoms with van der Waals surface area (Å²) in [5.41, 5.74) is 5.91. The van der Waals surface area contributed by atoms with E-state index in [4.69, 9.17) is 4.74 Å². The number of nitrogens with zero attached hydrogens (tertiary/aromatic N) is 2. The first-order valence-electron chi connectivity index (χ1n) is 11.6. The van der Waals surface area contributed by atoms with E-state index in [1.165, 1.54) is 42.2 Å². The van der Waals surface area contributed by atoms with E-state index < -0.39 is 0 Å². The summed E-state index contributed by atoms with van der Waals surface area (Å²) in [6.07, 6.45) is 18.2. The summed E-state index contributed by atoms with van der Waals surface area (Å²) < 4.78 is 5.41. The average Bonchev–Trinajstić information content (AvgIpc) is 3.17.